The summed E-state index contributed by atoms with van der Waals surface area (Å²) in [5.74, 6) is -1.04. The van der Waals surface area contributed by atoms with Gasteiger partial charge in [-0.25, -0.2) is 0 Å². The Balaban J connectivity index is 3.74. The number of nitrogens with one attached hydrogen (secondary N) is 1. The molecule has 0 radical (unpaired) electrons. The van der Waals surface area contributed by atoms with E-state index in [1.807, 2.05) is 0 Å². The average Bonchev–Trinajstić information content (AvgIpc) is 1.87. The van der Waals surface area contributed by atoms with E-state index in [2.05, 4.69) is 27.2 Å². The van der Waals surface area contributed by atoms with Crippen LogP contribution in [0.2, 0.25) is 0 Å². The molecule has 4 nitrogen and oxygen atoms in total. The molecule has 1 atom stereocenters. The minimum absolute atomic E-state index is 0.200. The molecule has 0 spiro atoms. The molecule has 0 aliphatic heterocycles. The summed E-state index contributed by atoms with van der Waals surface area (Å²) >= 11 is 3.79. The van der Waals surface area contributed by atoms with Crippen LogP contribution in [0.15, 0.2) is 12.3 Å². The molecule has 11 heavy (non-hydrogen) atoms. The Morgan fingerprint density at radius 2 is 2.45 bits per heavy atom. The van der Waals surface area contributed by atoms with Gasteiger partial charge in [0.25, 0.3) is 0 Å². The first-order valence-electron chi connectivity index (χ1n) is 2.90. The van der Waals surface area contributed by atoms with Gasteiger partial charge in [-0.1, -0.05) is 0 Å². The van der Waals surface area contributed by atoms with Gasteiger partial charge in [-0.3, -0.25) is 0 Å². The van der Waals surface area contributed by atoms with Crippen molar-refractivity contribution >= 4 is 11.1 Å². The van der Waals surface area contributed by atoms with Crippen LogP contribution < -0.4 is 11.1 Å². The number of hydrogen-bond acceptors (Lipinski definition) is 3. The number of nitrogens with two attached hydrogens (primary N) is 1. The maximum atomic E-state index is 10.2. The van der Waals surface area contributed by atoms with E-state index in [-0.39, 0.29) is 6.42 Å². The van der Waals surface area contributed by atoms with Crippen molar-refractivity contribution in [1.29, 1.82) is 0 Å². The molecule has 0 saturated carbocycles. The van der Waals surface area contributed by atoms with Crippen LogP contribution in [0, 0.1) is 0 Å². The second-order valence-corrected chi connectivity index (χ2v) is 2.29. The molecule has 0 fully saturated rings. The second-order valence-electron chi connectivity index (χ2n) is 1.99. The number of aliphatic carboxylic acids is 1. The molecular weight excluding hydrogens is 191 g/mol. The van der Waals surface area contributed by atoms with Gasteiger partial charge >= 0.3 is 72.0 Å². The minimum atomic E-state index is -1.04. The quantitative estimate of drug-likeness (QED) is 0.544. The molecule has 0 aliphatic rings. The van der Waals surface area contributed by atoms with Crippen molar-refractivity contribution in [1.82, 2.24) is 5.32 Å². The van der Waals surface area contributed by atoms with Crippen LogP contribution in [0.25, 0.3) is 0 Å². The van der Waals surface area contributed by atoms with E-state index in [0.717, 1.165) is 0 Å². The summed E-state index contributed by atoms with van der Waals surface area (Å²) in [6, 6.07) is -0.901. The predicted molar refractivity (Wildman–Crippen MR) is 38.6 cm³/mol. The zero-order valence-electron chi connectivity index (χ0n) is 5.84. The molecule has 0 heterocycles. The van der Waals surface area contributed by atoms with Gasteiger partial charge in [-0.15, -0.1) is 0 Å². The summed E-state index contributed by atoms with van der Waals surface area (Å²) in [5, 5.41) is 12.4. The first-order valence-corrected chi connectivity index (χ1v) is 3.50. The summed E-state index contributed by atoms with van der Waals surface area (Å²) in [5.41, 5.74) is 5.74. The number of rotatable bonds is 5. The zero-order chi connectivity index (χ0) is 8.85. The second kappa shape index (κ2) is 5.06. The Morgan fingerprint density at radius 3 is 2.82 bits per heavy atom. The molecule has 0 saturated heterocycles. The first-order chi connectivity index (χ1) is 5.07. The average molecular weight is 201 g/mol. The molecule has 4 N–H and O–H groups in total. The maximum absolute atomic E-state index is 10.2. The van der Waals surface area contributed by atoms with Crippen molar-refractivity contribution in [3.8, 4) is 0 Å². The molecule has 0 aromatic rings. The van der Waals surface area contributed by atoms with E-state index in [4.69, 9.17) is 10.8 Å². The van der Waals surface area contributed by atoms with E-state index in [1.54, 1.807) is 0 Å². The normalized spacial score (nSPS) is 11.8. The van der Waals surface area contributed by atoms with Crippen LogP contribution in [0.1, 0.15) is 6.42 Å². The standard InChI is InChI=1S/C6H10N2O2.Co/c1-4(8-2)3-5(7)6(9)10;/h2,5,8H,1,3,7H2,(H,9,10);. The predicted octanol–water partition coefficient (Wildman–Crippen LogP) is -0.802. The molecule has 0 amide bonds. The Bertz CT molecular complexity index is 181. The first kappa shape index (κ1) is 10.3. The molecule has 5 heteroatoms. The number of hydrogen-bond donors (Lipinski definition) is 3. The third-order valence-corrected chi connectivity index (χ3v) is 1.19. The Labute approximate surface area is 72.6 Å². The Morgan fingerprint density at radius 1 is 1.91 bits per heavy atom. The molecule has 0 aromatic heterocycles. The van der Waals surface area contributed by atoms with E-state index >= 15 is 0 Å². The van der Waals surface area contributed by atoms with E-state index in [1.165, 1.54) is 5.08 Å². The van der Waals surface area contributed by atoms with Crippen molar-refractivity contribution in [3.05, 3.63) is 12.3 Å². The van der Waals surface area contributed by atoms with Crippen LogP contribution in [0.5, 0.6) is 0 Å². The van der Waals surface area contributed by atoms with Gasteiger partial charge < -0.3 is 0 Å². The van der Waals surface area contributed by atoms with Gasteiger partial charge in [0.2, 0.25) is 0 Å². The third-order valence-electron chi connectivity index (χ3n) is 1.04. The van der Waals surface area contributed by atoms with Crippen LogP contribution in [-0.4, -0.2) is 22.2 Å². The van der Waals surface area contributed by atoms with Crippen LogP contribution >= 0.6 is 0 Å². The Kier molecular flexibility index (Phi) is 4.76. The van der Waals surface area contributed by atoms with Gasteiger partial charge in [-0.2, -0.15) is 0 Å². The molecular formula is C6H10CoN2O2. The zero-order valence-corrected chi connectivity index (χ0v) is 6.88. The van der Waals surface area contributed by atoms with Gasteiger partial charge in [0.1, 0.15) is 0 Å². The van der Waals surface area contributed by atoms with E-state index < -0.39 is 12.0 Å². The van der Waals surface area contributed by atoms with Gasteiger partial charge in [-0.05, 0) is 0 Å². The van der Waals surface area contributed by atoms with Crippen molar-refractivity contribution < 1.29 is 25.2 Å². The fraction of sp³-hybridized carbons (Fsp3) is 0.333. The summed E-state index contributed by atoms with van der Waals surface area (Å²) in [4.78, 5) is 10.2. The van der Waals surface area contributed by atoms with Crippen LogP contribution in [0.4, 0.5) is 0 Å². The summed E-state index contributed by atoms with van der Waals surface area (Å²) in [6.07, 6.45) is 0.200. The van der Waals surface area contributed by atoms with Crippen molar-refractivity contribution in [2.24, 2.45) is 5.73 Å². The summed E-state index contributed by atoms with van der Waals surface area (Å²) < 4.78 is 0. The SMILES string of the molecule is C=C(CC(N)C(=O)O)N[CH]=[Co]. The van der Waals surface area contributed by atoms with Crippen LogP contribution in [0.3, 0.4) is 0 Å². The Hall–Kier alpha value is -0.654. The molecule has 0 rings (SSSR count). The van der Waals surface area contributed by atoms with E-state index in [9.17, 15) is 4.79 Å². The fourth-order valence-electron chi connectivity index (χ4n) is 0.480. The number of carbonyl (C=O) groups is 1. The molecule has 0 bridgehead atoms. The third kappa shape index (κ3) is 4.71. The topological polar surface area (TPSA) is 75.4 Å². The fourth-order valence-corrected chi connectivity index (χ4v) is 0.692. The molecule has 65 valence electrons. The van der Waals surface area contributed by atoms with Gasteiger partial charge in [0.15, 0.2) is 0 Å². The number of carboxylic acid groups (broad SMARTS) is 1. The van der Waals surface area contributed by atoms with E-state index in [0.29, 0.717) is 5.70 Å². The number of carboxylic acids is 1. The van der Waals surface area contributed by atoms with Crippen molar-refractivity contribution in [3.63, 3.8) is 0 Å². The van der Waals surface area contributed by atoms with Crippen LogP contribution in [-0.2, 0) is 20.1 Å². The van der Waals surface area contributed by atoms with Crippen molar-refractivity contribution in [2.45, 2.75) is 12.5 Å². The van der Waals surface area contributed by atoms with Crippen molar-refractivity contribution in [2.75, 3.05) is 0 Å². The monoisotopic (exact) mass is 201 g/mol. The summed E-state index contributed by atoms with van der Waals surface area (Å²) in [7, 11) is 0. The van der Waals surface area contributed by atoms with Gasteiger partial charge in [0.05, 0.1) is 0 Å². The van der Waals surface area contributed by atoms with Gasteiger partial charge in [0, 0.05) is 0 Å². The molecule has 0 aromatic carbocycles. The molecule has 1 unspecified atom stereocenters. The molecule has 0 aliphatic carbocycles. The summed E-state index contributed by atoms with van der Waals surface area (Å²) in [6.45, 7) is 3.53.